The molecule has 0 aliphatic carbocycles. The topological polar surface area (TPSA) is 55.2 Å². The van der Waals surface area contributed by atoms with Gasteiger partial charge in [-0.1, -0.05) is 15.9 Å². The lowest BCUT2D eigenvalue weighted by molar-refractivity contribution is -0.384. The van der Waals surface area contributed by atoms with Crippen LogP contribution in [0.5, 0.6) is 0 Å². The average Bonchev–Trinajstić information content (AvgIpc) is 2.42. The summed E-state index contributed by atoms with van der Waals surface area (Å²) in [5.41, 5.74) is 1.25. The van der Waals surface area contributed by atoms with Crippen LogP contribution in [0.2, 0.25) is 0 Å². The van der Waals surface area contributed by atoms with Gasteiger partial charge in [0.15, 0.2) is 0 Å². The third kappa shape index (κ3) is 3.33. The first-order chi connectivity index (χ1) is 9.47. The Kier molecular flexibility index (Phi) is 4.34. The van der Waals surface area contributed by atoms with Crippen LogP contribution in [-0.2, 0) is 0 Å². The summed E-state index contributed by atoms with van der Waals surface area (Å²) in [4.78, 5) is 10.1. The largest absolute Gasteiger partial charge is 0.378 e. The molecule has 1 unspecified atom stereocenters. The van der Waals surface area contributed by atoms with E-state index < -0.39 is 4.92 Å². The number of nitro benzene ring substituents is 1. The summed E-state index contributed by atoms with van der Waals surface area (Å²) < 4.78 is 14.5. The number of hydrogen-bond acceptors (Lipinski definition) is 3. The molecule has 1 N–H and O–H groups in total. The van der Waals surface area contributed by atoms with Gasteiger partial charge in [-0.2, -0.15) is 0 Å². The van der Waals surface area contributed by atoms with Crippen molar-refractivity contribution in [2.45, 2.75) is 13.0 Å². The van der Waals surface area contributed by atoms with Crippen molar-refractivity contribution < 1.29 is 9.31 Å². The molecule has 0 radical (unpaired) electrons. The van der Waals surface area contributed by atoms with Gasteiger partial charge in [-0.3, -0.25) is 10.1 Å². The lowest BCUT2D eigenvalue weighted by Gasteiger charge is -2.16. The van der Waals surface area contributed by atoms with Crippen LogP contribution in [0.15, 0.2) is 46.9 Å². The SMILES string of the molecule is CC(Nc1ccc([N+](=O)[O-])cc1)c1cc(Br)ccc1F. The Morgan fingerprint density at radius 1 is 1.25 bits per heavy atom. The smallest absolute Gasteiger partial charge is 0.269 e. The fourth-order valence-electron chi connectivity index (χ4n) is 1.85. The molecule has 0 heterocycles. The molecule has 2 aromatic carbocycles. The van der Waals surface area contributed by atoms with Crippen molar-refractivity contribution in [1.82, 2.24) is 0 Å². The highest BCUT2D eigenvalue weighted by molar-refractivity contribution is 9.10. The van der Waals surface area contributed by atoms with Crippen molar-refractivity contribution in [3.05, 3.63) is 68.4 Å². The second kappa shape index (κ2) is 6.00. The Labute approximate surface area is 123 Å². The molecular weight excluding hydrogens is 327 g/mol. The van der Waals surface area contributed by atoms with Crippen molar-refractivity contribution in [1.29, 1.82) is 0 Å². The first-order valence-corrected chi connectivity index (χ1v) is 6.72. The van der Waals surface area contributed by atoms with Crippen LogP contribution >= 0.6 is 15.9 Å². The number of hydrogen-bond donors (Lipinski definition) is 1. The highest BCUT2D eigenvalue weighted by atomic mass is 79.9. The molecule has 0 aliphatic heterocycles. The lowest BCUT2D eigenvalue weighted by Crippen LogP contribution is -2.08. The molecule has 0 spiro atoms. The average molecular weight is 339 g/mol. The maximum absolute atomic E-state index is 13.7. The van der Waals surface area contributed by atoms with E-state index in [2.05, 4.69) is 21.2 Å². The molecule has 20 heavy (non-hydrogen) atoms. The standard InChI is InChI=1S/C14H12BrFN2O2/c1-9(13-8-10(15)2-7-14(13)16)17-11-3-5-12(6-4-11)18(19)20/h2-9,17H,1H3. The molecule has 2 aromatic rings. The molecule has 0 saturated heterocycles. The number of halogens is 2. The van der Waals surface area contributed by atoms with Gasteiger partial charge in [0.05, 0.1) is 11.0 Å². The second-order valence-corrected chi connectivity index (χ2v) is 5.25. The van der Waals surface area contributed by atoms with Crippen LogP contribution in [0.1, 0.15) is 18.5 Å². The van der Waals surface area contributed by atoms with Crippen LogP contribution in [0.4, 0.5) is 15.8 Å². The molecule has 0 bridgehead atoms. The van der Waals surface area contributed by atoms with Gasteiger partial charge in [-0.15, -0.1) is 0 Å². The lowest BCUT2D eigenvalue weighted by atomic mass is 10.1. The Morgan fingerprint density at radius 3 is 2.50 bits per heavy atom. The van der Waals surface area contributed by atoms with E-state index in [0.29, 0.717) is 11.3 Å². The molecule has 6 heteroatoms. The van der Waals surface area contributed by atoms with E-state index in [9.17, 15) is 14.5 Å². The third-order valence-electron chi connectivity index (χ3n) is 2.89. The normalized spacial score (nSPS) is 11.9. The fourth-order valence-corrected chi connectivity index (χ4v) is 2.23. The molecule has 0 aromatic heterocycles. The zero-order valence-corrected chi connectivity index (χ0v) is 12.2. The number of nitrogens with one attached hydrogen (secondary N) is 1. The maximum Gasteiger partial charge on any atom is 0.269 e. The van der Waals surface area contributed by atoms with Crippen LogP contribution < -0.4 is 5.32 Å². The summed E-state index contributed by atoms with van der Waals surface area (Å²) in [7, 11) is 0. The number of non-ortho nitro benzene ring substituents is 1. The first kappa shape index (κ1) is 14.5. The van der Waals surface area contributed by atoms with Crippen molar-refractivity contribution in [3.63, 3.8) is 0 Å². The predicted molar refractivity (Wildman–Crippen MR) is 79.2 cm³/mol. The zero-order valence-electron chi connectivity index (χ0n) is 10.6. The van der Waals surface area contributed by atoms with Crippen molar-refractivity contribution in [2.75, 3.05) is 5.32 Å². The first-order valence-electron chi connectivity index (χ1n) is 5.93. The highest BCUT2D eigenvalue weighted by Gasteiger charge is 2.12. The van der Waals surface area contributed by atoms with Gasteiger partial charge in [0.1, 0.15) is 5.82 Å². The number of benzene rings is 2. The van der Waals surface area contributed by atoms with Crippen molar-refractivity contribution >= 4 is 27.3 Å². The van der Waals surface area contributed by atoms with E-state index in [1.807, 2.05) is 6.92 Å². The predicted octanol–water partition coefficient (Wildman–Crippen LogP) is 4.67. The summed E-state index contributed by atoms with van der Waals surface area (Å²) >= 11 is 3.31. The number of rotatable bonds is 4. The monoisotopic (exact) mass is 338 g/mol. The number of anilines is 1. The Morgan fingerprint density at radius 2 is 1.90 bits per heavy atom. The highest BCUT2D eigenvalue weighted by Crippen LogP contribution is 2.25. The van der Waals surface area contributed by atoms with Gasteiger partial charge in [-0.25, -0.2) is 4.39 Å². The minimum Gasteiger partial charge on any atom is -0.378 e. The summed E-state index contributed by atoms with van der Waals surface area (Å²) in [6.45, 7) is 1.83. The Hall–Kier alpha value is -1.95. The Balaban J connectivity index is 2.16. The molecule has 0 aliphatic rings. The zero-order chi connectivity index (χ0) is 14.7. The van der Waals surface area contributed by atoms with E-state index >= 15 is 0 Å². The van der Waals surface area contributed by atoms with Crippen LogP contribution in [-0.4, -0.2) is 4.92 Å². The van der Waals surface area contributed by atoms with Gasteiger partial charge in [-0.05, 0) is 37.3 Å². The number of nitro groups is 1. The van der Waals surface area contributed by atoms with Crippen molar-refractivity contribution in [2.24, 2.45) is 0 Å². The van der Waals surface area contributed by atoms with E-state index in [4.69, 9.17) is 0 Å². The maximum atomic E-state index is 13.7. The van der Waals surface area contributed by atoms with E-state index in [1.165, 1.54) is 18.2 Å². The van der Waals surface area contributed by atoms with Gasteiger partial charge >= 0.3 is 0 Å². The van der Waals surface area contributed by atoms with Gasteiger partial charge in [0, 0.05) is 27.9 Å². The van der Waals surface area contributed by atoms with Crippen LogP contribution in [0.3, 0.4) is 0 Å². The molecule has 0 fully saturated rings. The molecule has 0 saturated carbocycles. The number of nitrogens with zero attached hydrogens (tertiary/aromatic N) is 1. The molecule has 2 rings (SSSR count). The molecule has 4 nitrogen and oxygen atoms in total. The fraction of sp³-hybridized carbons (Fsp3) is 0.143. The third-order valence-corrected chi connectivity index (χ3v) is 3.38. The summed E-state index contributed by atoms with van der Waals surface area (Å²) in [5.74, 6) is -0.296. The van der Waals surface area contributed by atoms with Crippen molar-refractivity contribution in [3.8, 4) is 0 Å². The molecule has 104 valence electrons. The van der Waals surface area contributed by atoms with Crippen LogP contribution in [0, 0.1) is 15.9 Å². The summed E-state index contributed by atoms with van der Waals surface area (Å²) in [6, 6.07) is 10.5. The van der Waals surface area contributed by atoms with E-state index in [0.717, 1.165) is 4.47 Å². The van der Waals surface area contributed by atoms with Crippen LogP contribution in [0.25, 0.3) is 0 Å². The molecule has 0 amide bonds. The minimum absolute atomic E-state index is 0.0249. The van der Waals surface area contributed by atoms with Gasteiger partial charge in [0.25, 0.3) is 5.69 Å². The van der Waals surface area contributed by atoms with Gasteiger partial charge < -0.3 is 5.32 Å². The summed E-state index contributed by atoms with van der Waals surface area (Å²) in [6.07, 6.45) is 0. The quantitative estimate of drug-likeness (QED) is 0.651. The Bertz CT molecular complexity index is 632. The second-order valence-electron chi connectivity index (χ2n) is 4.34. The molecule has 1 atom stereocenters. The molecular formula is C14H12BrFN2O2. The van der Waals surface area contributed by atoms with E-state index in [-0.39, 0.29) is 17.5 Å². The van der Waals surface area contributed by atoms with E-state index in [1.54, 1.807) is 24.3 Å². The minimum atomic E-state index is -0.457. The van der Waals surface area contributed by atoms with Gasteiger partial charge in [0.2, 0.25) is 0 Å². The summed E-state index contributed by atoms with van der Waals surface area (Å²) in [5, 5.41) is 13.7.